The van der Waals surface area contributed by atoms with Crippen molar-refractivity contribution in [3.8, 4) is 5.88 Å². The number of hydrogen-bond donors (Lipinski definition) is 1. The molecule has 2 aromatic rings. The van der Waals surface area contributed by atoms with E-state index in [1.807, 2.05) is 11.4 Å². The maximum atomic E-state index is 5.93. The van der Waals surface area contributed by atoms with Crippen molar-refractivity contribution in [3.05, 3.63) is 11.4 Å². The minimum Gasteiger partial charge on any atom is -0.477 e. The van der Waals surface area contributed by atoms with E-state index in [1.54, 1.807) is 11.3 Å². The van der Waals surface area contributed by atoms with Gasteiger partial charge < -0.3 is 10.1 Å². The number of thiophene rings is 1. The molecule has 5 heteroatoms. The van der Waals surface area contributed by atoms with Crippen LogP contribution in [0, 0.1) is 5.92 Å². The van der Waals surface area contributed by atoms with Gasteiger partial charge in [-0.1, -0.05) is 27.2 Å². The van der Waals surface area contributed by atoms with Crippen LogP contribution in [0.2, 0.25) is 0 Å². The van der Waals surface area contributed by atoms with Crippen molar-refractivity contribution in [1.29, 1.82) is 0 Å². The Hall–Kier alpha value is -1.36. The molecular formula is C15H23N3OS. The molecule has 1 unspecified atom stereocenters. The van der Waals surface area contributed by atoms with Crippen molar-refractivity contribution >= 4 is 27.5 Å². The molecule has 0 aliphatic carbocycles. The van der Waals surface area contributed by atoms with E-state index in [1.165, 1.54) is 12.8 Å². The first kappa shape index (κ1) is 15.0. The molecule has 0 fully saturated rings. The van der Waals surface area contributed by atoms with Crippen LogP contribution in [0.15, 0.2) is 11.4 Å². The summed E-state index contributed by atoms with van der Waals surface area (Å²) in [4.78, 5) is 10.0. The minimum absolute atomic E-state index is 0.552. The van der Waals surface area contributed by atoms with E-state index in [0.29, 0.717) is 24.4 Å². The lowest BCUT2D eigenvalue weighted by Gasteiger charge is -2.13. The topological polar surface area (TPSA) is 47.0 Å². The second-order valence-corrected chi connectivity index (χ2v) is 6.02. The zero-order valence-electron chi connectivity index (χ0n) is 12.5. The first-order valence-electron chi connectivity index (χ1n) is 7.36. The highest BCUT2D eigenvalue weighted by molar-refractivity contribution is 7.16. The minimum atomic E-state index is 0.552. The van der Waals surface area contributed by atoms with Gasteiger partial charge in [0.1, 0.15) is 4.83 Å². The van der Waals surface area contributed by atoms with Crippen LogP contribution in [0.3, 0.4) is 0 Å². The van der Waals surface area contributed by atoms with Gasteiger partial charge in [0, 0.05) is 6.54 Å². The summed E-state index contributed by atoms with van der Waals surface area (Å²) < 4.78 is 5.93. The highest BCUT2D eigenvalue weighted by Gasteiger charge is 2.11. The summed E-state index contributed by atoms with van der Waals surface area (Å²) in [6, 6.07) is 2.03. The van der Waals surface area contributed by atoms with Crippen molar-refractivity contribution in [1.82, 2.24) is 9.97 Å². The zero-order valence-corrected chi connectivity index (χ0v) is 13.3. The van der Waals surface area contributed by atoms with Gasteiger partial charge in [0.2, 0.25) is 11.8 Å². The van der Waals surface area contributed by atoms with Gasteiger partial charge in [-0.05, 0) is 30.2 Å². The van der Waals surface area contributed by atoms with Crippen LogP contribution in [0.1, 0.15) is 40.0 Å². The molecule has 0 saturated heterocycles. The van der Waals surface area contributed by atoms with E-state index in [2.05, 4.69) is 36.1 Å². The summed E-state index contributed by atoms with van der Waals surface area (Å²) in [5.41, 5.74) is 0. The van der Waals surface area contributed by atoms with Crippen LogP contribution in [0.25, 0.3) is 10.2 Å². The Bertz CT molecular complexity index is 541. The number of nitrogens with zero attached hydrogens (tertiary/aromatic N) is 2. The van der Waals surface area contributed by atoms with Gasteiger partial charge in [-0.25, -0.2) is 4.98 Å². The maximum absolute atomic E-state index is 5.93. The smallest absolute Gasteiger partial charge is 0.227 e. The fraction of sp³-hybridized carbons (Fsp3) is 0.600. The van der Waals surface area contributed by atoms with Crippen molar-refractivity contribution in [2.24, 2.45) is 5.92 Å². The van der Waals surface area contributed by atoms with Crippen molar-refractivity contribution in [2.75, 3.05) is 18.5 Å². The lowest BCUT2D eigenvalue weighted by molar-refractivity contribution is 0.246. The van der Waals surface area contributed by atoms with Crippen molar-refractivity contribution < 1.29 is 4.74 Å². The van der Waals surface area contributed by atoms with Gasteiger partial charge in [-0.15, -0.1) is 11.3 Å². The molecule has 0 saturated carbocycles. The number of hydrogen-bond acceptors (Lipinski definition) is 5. The summed E-state index contributed by atoms with van der Waals surface area (Å²) in [6.07, 6.45) is 3.42. The van der Waals surface area contributed by atoms with Crippen LogP contribution in [-0.4, -0.2) is 23.1 Å². The Morgan fingerprint density at radius 2 is 2.15 bits per heavy atom. The first-order chi connectivity index (χ1) is 9.74. The Labute approximate surface area is 124 Å². The van der Waals surface area contributed by atoms with E-state index in [-0.39, 0.29) is 0 Å². The Morgan fingerprint density at radius 1 is 1.30 bits per heavy atom. The quantitative estimate of drug-likeness (QED) is 0.787. The second kappa shape index (κ2) is 7.43. The molecule has 0 amide bonds. The molecular weight excluding hydrogens is 270 g/mol. The molecule has 20 heavy (non-hydrogen) atoms. The lowest BCUT2D eigenvalue weighted by atomic mass is 10.1. The number of nitrogens with one attached hydrogen (secondary N) is 1. The number of anilines is 1. The predicted octanol–water partition coefficient (Wildman–Crippen LogP) is 4.33. The summed E-state index contributed by atoms with van der Waals surface area (Å²) in [7, 11) is 0. The molecule has 2 heterocycles. The van der Waals surface area contributed by atoms with Crippen LogP contribution in [-0.2, 0) is 0 Å². The summed E-state index contributed by atoms with van der Waals surface area (Å²) in [6.45, 7) is 8.13. The van der Waals surface area contributed by atoms with E-state index >= 15 is 0 Å². The Morgan fingerprint density at radius 3 is 2.90 bits per heavy atom. The van der Waals surface area contributed by atoms with E-state index < -0.39 is 0 Å². The van der Waals surface area contributed by atoms with Gasteiger partial charge >= 0.3 is 0 Å². The van der Waals surface area contributed by atoms with Gasteiger partial charge in [-0.2, -0.15) is 4.98 Å². The molecule has 0 radical (unpaired) electrons. The van der Waals surface area contributed by atoms with Crippen LogP contribution in [0.5, 0.6) is 5.88 Å². The fourth-order valence-corrected chi connectivity index (χ4v) is 2.81. The molecule has 4 nitrogen and oxygen atoms in total. The maximum Gasteiger partial charge on any atom is 0.227 e. The molecule has 1 atom stereocenters. The summed E-state index contributed by atoms with van der Waals surface area (Å²) in [5, 5.41) is 6.28. The van der Waals surface area contributed by atoms with Crippen LogP contribution >= 0.6 is 11.3 Å². The van der Waals surface area contributed by atoms with Gasteiger partial charge in [0.25, 0.3) is 0 Å². The number of fused-ring (bicyclic) bond motifs is 1. The second-order valence-electron chi connectivity index (χ2n) is 5.12. The summed E-state index contributed by atoms with van der Waals surface area (Å²) in [5.74, 6) is 1.92. The summed E-state index contributed by atoms with van der Waals surface area (Å²) >= 11 is 1.62. The average molecular weight is 293 g/mol. The molecule has 1 N–H and O–H groups in total. The highest BCUT2D eigenvalue weighted by atomic mass is 32.1. The largest absolute Gasteiger partial charge is 0.477 e. The van der Waals surface area contributed by atoms with Gasteiger partial charge in [0.05, 0.1) is 12.0 Å². The molecule has 0 aliphatic rings. The van der Waals surface area contributed by atoms with E-state index in [4.69, 9.17) is 4.74 Å². The molecule has 0 aliphatic heterocycles. The molecule has 0 bridgehead atoms. The first-order valence-corrected chi connectivity index (χ1v) is 8.24. The molecule has 110 valence electrons. The Kier molecular flexibility index (Phi) is 5.59. The zero-order chi connectivity index (χ0) is 14.4. The highest BCUT2D eigenvalue weighted by Crippen LogP contribution is 2.28. The standard InChI is InChI=1S/C15H23N3OS/c1-4-6-11(3)10-19-13-12-7-9-20-14(12)18-15(17-13)16-8-5-2/h7,9,11H,4-6,8,10H2,1-3H3,(H,16,17,18). The number of aromatic nitrogens is 2. The normalized spacial score (nSPS) is 12.6. The fourth-order valence-electron chi connectivity index (χ4n) is 2.05. The third kappa shape index (κ3) is 3.82. The van der Waals surface area contributed by atoms with Crippen LogP contribution in [0.4, 0.5) is 5.95 Å². The average Bonchev–Trinajstić information content (AvgIpc) is 2.91. The van der Waals surface area contributed by atoms with Gasteiger partial charge in [0.15, 0.2) is 0 Å². The van der Waals surface area contributed by atoms with E-state index in [0.717, 1.165) is 23.2 Å². The molecule has 0 aromatic carbocycles. The van der Waals surface area contributed by atoms with Crippen LogP contribution < -0.4 is 10.1 Å². The predicted molar refractivity (Wildman–Crippen MR) is 85.8 cm³/mol. The number of rotatable bonds is 8. The Balaban J connectivity index is 2.14. The number of ether oxygens (including phenoxy) is 1. The molecule has 2 aromatic heterocycles. The third-order valence-corrected chi connectivity index (χ3v) is 3.92. The lowest BCUT2D eigenvalue weighted by Crippen LogP contribution is -2.11. The molecule has 2 rings (SSSR count). The van der Waals surface area contributed by atoms with Crippen molar-refractivity contribution in [2.45, 2.75) is 40.0 Å². The SMILES string of the molecule is CCCNc1nc(OCC(C)CCC)c2ccsc2n1. The molecule has 0 spiro atoms. The van der Waals surface area contributed by atoms with Crippen molar-refractivity contribution in [3.63, 3.8) is 0 Å². The van der Waals surface area contributed by atoms with E-state index in [9.17, 15) is 0 Å². The van der Waals surface area contributed by atoms with Gasteiger partial charge in [-0.3, -0.25) is 0 Å². The monoisotopic (exact) mass is 293 g/mol. The third-order valence-electron chi connectivity index (χ3n) is 3.11.